The van der Waals surface area contributed by atoms with Crippen LogP contribution in [0.4, 0.5) is 10.1 Å². The molecule has 43 heavy (non-hydrogen) atoms. The SMILES string of the molecule is CNC(=O)C(Cc1ccccc1)N(Cc1ccc(F)cc1)C(=O)CN(c1cc(C)cc(C)c1)S(=O)(=O)c1ccc(C)cc1. The lowest BCUT2D eigenvalue weighted by Crippen LogP contribution is -2.53. The summed E-state index contributed by atoms with van der Waals surface area (Å²) < 4.78 is 43.0. The van der Waals surface area contributed by atoms with E-state index < -0.39 is 40.2 Å². The van der Waals surface area contributed by atoms with E-state index in [0.717, 1.165) is 26.6 Å². The highest BCUT2D eigenvalue weighted by molar-refractivity contribution is 7.92. The maximum absolute atomic E-state index is 14.3. The number of hydrogen-bond donors (Lipinski definition) is 1. The Kier molecular flexibility index (Phi) is 9.98. The van der Waals surface area contributed by atoms with Gasteiger partial charge in [-0.3, -0.25) is 13.9 Å². The molecule has 0 aromatic heterocycles. The van der Waals surface area contributed by atoms with Gasteiger partial charge in [0.15, 0.2) is 0 Å². The van der Waals surface area contributed by atoms with Crippen molar-refractivity contribution in [2.75, 3.05) is 17.9 Å². The molecule has 1 unspecified atom stereocenters. The number of nitrogens with zero attached hydrogens (tertiary/aromatic N) is 2. The van der Waals surface area contributed by atoms with Gasteiger partial charge in [0.1, 0.15) is 18.4 Å². The highest BCUT2D eigenvalue weighted by Crippen LogP contribution is 2.27. The third-order valence-corrected chi connectivity index (χ3v) is 8.95. The topological polar surface area (TPSA) is 86.8 Å². The van der Waals surface area contributed by atoms with Gasteiger partial charge in [-0.25, -0.2) is 12.8 Å². The number of aryl methyl sites for hydroxylation is 3. The smallest absolute Gasteiger partial charge is 0.264 e. The van der Waals surface area contributed by atoms with Crippen LogP contribution in [0.1, 0.15) is 27.8 Å². The number of rotatable bonds is 11. The van der Waals surface area contributed by atoms with Crippen molar-refractivity contribution in [3.05, 3.63) is 131 Å². The number of halogens is 1. The maximum atomic E-state index is 14.3. The molecule has 0 bridgehead atoms. The fourth-order valence-corrected chi connectivity index (χ4v) is 6.37. The van der Waals surface area contributed by atoms with E-state index in [-0.39, 0.29) is 17.9 Å². The summed E-state index contributed by atoms with van der Waals surface area (Å²) in [6.07, 6.45) is 0.196. The largest absolute Gasteiger partial charge is 0.357 e. The third-order valence-electron chi connectivity index (χ3n) is 7.17. The standard InChI is InChI=1S/C34H36FN3O4S/c1-24-10-16-31(17-11-24)43(41,42)38(30-19-25(2)18-26(3)20-30)23-33(39)37(22-28-12-14-29(35)15-13-28)32(34(40)36-4)21-27-8-6-5-7-9-27/h5-20,32H,21-23H2,1-4H3,(H,36,40). The summed E-state index contributed by atoms with van der Waals surface area (Å²) in [5.41, 5.74) is 4.33. The summed E-state index contributed by atoms with van der Waals surface area (Å²) >= 11 is 0. The Bertz CT molecular complexity index is 1660. The molecule has 4 aromatic rings. The zero-order valence-corrected chi connectivity index (χ0v) is 25.6. The van der Waals surface area contributed by atoms with Crippen LogP contribution in [-0.4, -0.2) is 44.8 Å². The Morgan fingerprint density at radius 1 is 0.791 bits per heavy atom. The summed E-state index contributed by atoms with van der Waals surface area (Å²) in [5, 5.41) is 2.65. The van der Waals surface area contributed by atoms with Crippen molar-refractivity contribution >= 4 is 27.5 Å². The van der Waals surface area contributed by atoms with Gasteiger partial charge in [0.25, 0.3) is 10.0 Å². The van der Waals surface area contributed by atoms with Crippen LogP contribution in [0.5, 0.6) is 0 Å². The average molecular weight is 602 g/mol. The van der Waals surface area contributed by atoms with Crippen molar-refractivity contribution in [1.82, 2.24) is 10.2 Å². The molecule has 0 radical (unpaired) electrons. The molecule has 2 amide bonds. The van der Waals surface area contributed by atoms with Crippen LogP contribution in [0.3, 0.4) is 0 Å². The van der Waals surface area contributed by atoms with Crippen LogP contribution in [-0.2, 0) is 32.6 Å². The summed E-state index contributed by atoms with van der Waals surface area (Å²) in [6.45, 7) is 4.99. The first-order valence-electron chi connectivity index (χ1n) is 13.9. The van der Waals surface area contributed by atoms with Gasteiger partial charge in [0.05, 0.1) is 10.6 Å². The number of carbonyl (C=O) groups is 2. The lowest BCUT2D eigenvalue weighted by molar-refractivity contribution is -0.139. The zero-order valence-electron chi connectivity index (χ0n) is 24.7. The molecule has 7 nitrogen and oxygen atoms in total. The molecule has 0 aliphatic rings. The first-order valence-corrected chi connectivity index (χ1v) is 15.4. The molecule has 1 atom stereocenters. The molecule has 0 spiro atoms. The summed E-state index contributed by atoms with van der Waals surface area (Å²) in [4.78, 5) is 29.0. The van der Waals surface area contributed by atoms with E-state index in [1.165, 1.54) is 36.2 Å². The predicted octanol–water partition coefficient (Wildman–Crippen LogP) is 5.33. The molecule has 4 aromatic carbocycles. The molecule has 1 N–H and O–H groups in total. The van der Waals surface area contributed by atoms with Crippen molar-refractivity contribution in [1.29, 1.82) is 0 Å². The molecule has 224 valence electrons. The first kappa shape index (κ1) is 31.4. The number of sulfonamides is 1. The molecule has 0 aliphatic carbocycles. The Morgan fingerprint density at radius 3 is 1.98 bits per heavy atom. The molecule has 4 rings (SSSR count). The predicted molar refractivity (Wildman–Crippen MR) is 167 cm³/mol. The van der Waals surface area contributed by atoms with Crippen molar-refractivity contribution in [2.45, 2.75) is 44.7 Å². The van der Waals surface area contributed by atoms with Crippen LogP contribution in [0.2, 0.25) is 0 Å². The lowest BCUT2D eigenvalue weighted by atomic mass is 10.0. The van der Waals surface area contributed by atoms with Crippen LogP contribution < -0.4 is 9.62 Å². The second kappa shape index (κ2) is 13.6. The number of hydrogen-bond acceptors (Lipinski definition) is 4. The van der Waals surface area contributed by atoms with Crippen molar-refractivity contribution < 1.29 is 22.4 Å². The Morgan fingerprint density at radius 2 is 1.40 bits per heavy atom. The van der Waals surface area contributed by atoms with Crippen LogP contribution in [0.25, 0.3) is 0 Å². The van der Waals surface area contributed by atoms with E-state index in [4.69, 9.17) is 0 Å². The average Bonchev–Trinajstić information content (AvgIpc) is 2.98. The van der Waals surface area contributed by atoms with Crippen LogP contribution >= 0.6 is 0 Å². The molecule has 0 aliphatic heterocycles. The number of likely N-dealkylation sites (N-methyl/N-ethyl adjacent to an activating group) is 1. The van der Waals surface area contributed by atoms with Gasteiger partial charge in [0, 0.05) is 20.0 Å². The van der Waals surface area contributed by atoms with Gasteiger partial charge in [-0.15, -0.1) is 0 Å². The summed E-state index contributed by atoms with van der Waals surface area (Å²) in [6, 6.07) is 25.8. The monoisotopic (exact) mass is 601 g/mol. The minimum absolute atomic E-state index is 0.0324. The molecular weight excluding hydrogens is 565 g/mol. The minimum atomic E-state index is -4.19. The number of carbonyl (C=O) groups excluding carboxylic acids is 2. The number of anilines is 1. The van der Waals surface area contributed by atoms with E-state index in [2.05, 4.69) is 5.32 Å². The van der Waals surface area contributed by atoms with Crippen molar-refractivity contribution in [3.8, 4) is 0 Å². The van der Waals surface area contributed by atoms with E-state index in [9.17, 15) is 22.4 Å². The fourth-order valence-electron chi connectivity index (χ4n) is 4.97. The second-order valence-corrected chi connectivity index (χ2v) is 12.5. The quantitative estimate of drug-likeness (QED) is 0.252. The minimum Gasteiger partial charge on any atom is -0.357 e. The first-order chi connectivity index (χ1) is 20.5. The highest BCUT2D eigenvalue weighted by Gasteiger charge is 2.34. The molecule has 0 saturated carbocycles. The van der Waals surface area contributed by atoms with Gasteiger partial charge in [-0.1, -0.05) is 66.2 Å². The Hall–Kier alpha value is -4.50. The highest BCUT2D eigenvalue weighted by atomic mass is 32.2. The van der Waals surface area contributed by atoms with Crippen LogP contribution in [0.15, 0.2) is 102 Å². The van der Waals surface area contributed by atoms with E-state index in [1.54, 1.807) is 36.4 Å². The van der Waals surface area contributed by atoms with Gasteiger partial charge >= 0.3 is 0 Å². The van der Waals surface area contributed by atoms with E-state index in [1.807, 2.05) is 57.2 Å². The van der Waals surface area contributed by atoms with E-state index >= 15 is 0 Å². The lowest BCUT2D eigenvalue weighted by Gasteiger charge is -2.33. The van der Waals surface area contributed by atoms with Gasteiger partial charge < -0.3 is 10.2 Å². The van der Waals surface area contributed by atoms with Crippen LogP contribution in [0, 0.1) is 26.6 Å². The molecule has 9 heteroatoms. The Balaban J connectivity index is 1.80. The maximum Gasteiger partial charge on any atom is 0.264 e. The van der Waals surface area contributed by atoms with Crippen molar-refractivity contribution in [2.24, 2.45) is 0 Å². The molecule has 0 heterocycles. The molecular formula is C34H36FN3O4S. The van der Waals surface area contributed by atoms with Gasteiger partial charge in [0.2, 0.25) is 11.8 Å². The summed E-state index contributed by atoms with van der Waals surface area (Å²) in [5.74, 6) is -1.42. The second-order valence-electron chi connectivity index (χ2n) is 10.6. The number of amides is 2. The van der Waals surface area contributed by atoms with E-state index in [0.29, 0.717) is 11.3 Å². The fraction of sp³-hybridized carbons (Fsp3) is 0.235. The normalized spacial score (nSPS) is 11.9. The third kappa shape index (κ3) is 7.87. The summed E-state index contributed by atoms with van der Waals surface area (Å²) in [7, 11) is -2.70. The van der Waals surface area contributed by atoms with Crippen molar-refractivity contribution in [3.63, 3.8) is 0 Å². The molecule has 0 saturated heterocycles. The molecule has 0 fully saturated rings. The number of nitrogens with one attached hydrogen (secondary N) is 1. The zero-order chi connectivity index (χ0) is 31.1. The van der Waals surface area contributed by atoms with Gasteiger partial charge in [-0.2, -0.15) is 0 Å². The van der Waals surface area contributed by atoms with Gasteiger partial charge in [-0.05, 0) is 79.4 Å². The number of benzene rings is 4. The Labute approximate surface area is 253 Å².